The zero-order chi connectivity index (χ0) is 26.9. The van der Waals surface area contributed by atoms with Crippen molar-refractivity contribution in [2.75, 3.05) is 44.2 Å². The van der Waals surface area contributed by atoms with E-state index in [2.05, 4.69) is 10.2 Å². The summed E-state index contributed by atoms with van der Waals surface area (Å²) in [6.45, 7) is 4.70. The molecule has 0 radical (unpaired) electrons. The summed E-state index contributed by atoms with van der Waals surface area (Å²) >= 11 is 12.5. The number of hydrogen-bond acceptors (Lipinski definition) is 5. The Labute approximate surface area is 234 Å². The van der Waals surface area contributed by atoms with E-state index in [-0.39, 0.29) is 17.3 Å². The second-order valence-corrected chi connectivity index (χ2v) is 13.1. The van der Waals surface area contributed by atoms with Crippen molar-refractivity contribution in [1.29, 1.82) is 0 Å². The number of carbonyl (C=O) groups excluding carboxylic acids is 1. The van der Waals surface area contributed by atoms with Crippen LogP contribution in [0.1, 0.15) is 23.5 Å². The highest BCUT2D eigenvalue weighted by Gasteiger charge is 2.59. The summed E-state index contributed by atoms with van der Waals surface area (Å²) in [5, 5.41) is 4.23. The lowest BCUT2D eigenvalue weighted by Crippen LogP contribution is -2.66. The largest absolute Gasteiger partial charge is 0.368 e. The van der Waals surface area contributed by atoms with Crippen molar-refractivity contribution in [1.82, 2.24) is 10.2 Å². The molecule has 6 nitrogen and oxygen atoms in total. The molecule has 2 atom stereocenters. The molecule has 0 spiro atoms. The molecule has 2 saturated heterocycles. The van der Waals surface area contributed by atoms with Crippen LogP contribution in [0, 0.1) is 6.92 Å². The standard InChI is InChI=1S/C29H31Cl2N3O3S/c1-21-10-11-24(31)19-27(21)33-14-16-34(17-15-33)28(35)29(38(36,37)25-9-5-8-23(30)18-25)20-32-13-12-26(29)22-6-3-2-4-7-22/h2-11,18-19,26,32H,12-17,20H2,1H3/t26-,29+/m0/s1. The number of halogens is 2. The Bertz CT molecular complexity index is 1430. The summed E-state index contributed by atoms with van der Waals surface area (Å²) in [4.78, 5) is 18.6. The number of rotatable bonds is 5. The lowest BCUT2D eigenvalue weighted by molar-refractivity contribution is -0.135. The molecule has 2 fully saturated rings. The molecule has 3 aromatic rings. The van der Waals surface area contributed by atoms with Gasteiger partial charge in [-0.15, -0.1) is 0 Å². The van der Waals surface area contributed by atoms with Gasteiger partial charge in [-0.25, -0.2) is 8.42 Å². The fourth-order valence-corrected chi connectivity index (χ4v) is 8.47. The zero-order valence-electron chi connectivity index (χ0n) is 21.2. The molecule has 0 aromatic heterocycles. The topological polar surface area (TPSA) is 69.7 Å². The van der Waals surface area contributed by atoms with Crippen LogP contribution in [0.5, 0.6) is 0 Å². The highest BCUT2D eigenvalue weighted by molar-refractivity contribution is 7.93. The molecule has 1 amide bonds. The molecule has 1 N–H and O–H groups in total. The number of anilines is 1. The van der Waals surface area contributed by atoms with Gasteiger partial charge >= 0.3 is 0 Å². The third-order valence-electron chi connectivity index (χ3n) is 7.79. The molecular formula is C29H31Cl2N3O3S. The van der Waals surface area contributed by atoms with Gasteiger partial charge in [-0.3, -0.25) is 4.79 Å². The van der Waals surface area contributed by atoms with E-state index < -0.39 is 20.5 Å². The minimum Gasteiger partial charge on any atom is -0.368 e. The van der Waals surface area contributed by atoms with Crippen LogP contribution < -0.4 is 10.2 Å². The Kier molecular flexibility index (Phi) is 7.74. The number of hydrogen-bond donors (Lipinski definition) is 1. The SMILES string of the molecule is Cc1ccc(Cl)cc1N1CCN(C(=O)[C@@]2(S(=O)(=O)c3cccc(Cl)c3)CNCC[C@H]2c2ccccc2)CC1. The smallest absolute Gasteiger partial charge is 0.246 e. The van der Waals surface area contributed by atoms with Crippen LogP contribution in [-0.2, 0) is 14.6 Å². The van der Waals surface area contributed by atoms with Crippen LogP contribution in [0.3, 0.4) is 0 Å². The Hall–Kier alpha value is -2.58. The number of sulfone groups is 1. The van der Waals surface area contributed by atoms with Crippen LogP contribution in [0.15, 0.2) is 77.7 Å². The molecular weight excluding hydrogens is 541 g/mol. The Morgan fingerprint density at radius 3 is 2.34 bits per heavy atom. The molecule has 3 aromatic carbocycles. The van der Waals surface area contributed by atoms with Crippen molar-refractivity contribution in [2.24, 2.45) is 0 Å². The molecule has 0 saturated carbocycles. The number of nitrogens with zero attached hydrogens (tertiary/aromatic N) is 2. The maximum Gasteiger partial charge on any atom is 0.246 e. The molecule has 9 heteroatoms. The fourth-order valence-electron chi connectivity index (χ4n) is 5.81. The van der Waals surface area contributed by atoms with Crippen LogP contribution in [0.25, 0.3) is 0 Å². The second-order valence-electron chi connectivity index (χ2n) is 9.99. The van der Waals surface area contributed by atoms with E-state index in [0.29, 0.717) is 49.2 Å². The lowest BCUT2D eigenvalue weighted by atomic mass is 9.79. The predicted molar refractivity (Wildman–Crippen MR) is 153 cm³/mol. The molecule has 200 valence electrons. The molecule has 0 bridgehead atoms. The molecule has 5 rings (SSSR count). The van der Waals surface area contributed by atoms with E-state index in [1.54, 1.807) is 17.0 Å². The number of carbonyl (C=O) groups is 1. The summed E-state index contributed by atoms with van der Waals surface area (Å²) in [7, 11) is -4.14. The van der Waals surface area contributed by atoms with Crippen LogP contribution >= 0.6 is 23.2 Å². The minimum absolute atomic E-state index is 0.0356. The average Bonchev–Trinajstić information content (AvgIpc) is 2.94. The molecule has 0 unspecified atom stereocenters. The summed E-state index contributed by atoms with van der Waals surface area (Å²) in [5.74, 6) is -0.865. The Morgan fingerprint density at radius 2 is 1.63 bits per heavy atom. The highest BCUT2D eigenvalue weighted by Crippen LogP contribution is 2.44. The number of benzene rings is 3. The molecule has 2 aliphatic heterocycles. The van der Waals surface area contributed by atoms with Gasteiger partial charge in [0.2, 0.25) is 5.91 Å². The maximum atomic E-state index is 14.6. The number of amides is 1. The van der Waals surface area contributed by atoms with E-state index in [1.165, 1.54) is 12.1 Å². The van der Waals surface area contributed by atoms with Gasteiger partial charge in [0.25, 0.3) is 0 Å². The van der Waals surface area contributed by atoms with Crippen LogP contribution in [0.2, 0.25) is 10.0 Å². The average molecular weight is 573 g/mol. The van der Waals surface area contributed by atoms with Gasteiger partial charge < -0.3 is 15.1 Å². The Balaban J connectivity index is 1.54. The molecule has 2 aliphatic rings. The second kappa shape index (κ2) is 10.9. The van der Waals surface area contributed by atoms with Gasteiger partial charge in [-0.1, -0.05) is 65.7 Å². The third-order valence-corrected chi connectivity index (χ3v) is 10.7. The zero-order valence-corrected chi connectivity index (χ0v) is 23.6. The van der Waals surface area contributed by atoms with E-state index in [0.717, 1.165) is 16.8 Å². The van der Waals surface area contributed by atoms with Crippen molar-refractivity contribution in [3.63, 3.8) is 0 Å². The van der Waals surface area contributed by atoms with Crippen LogP contribution in [0.4, 0.5) is 5.69 Å². The van der Waals surface area contributed by atoms with Gasteiger partial charge in [0.15, 0.2) is 14.6 Å². The first-order valence-electron chi connectivity index (χ1n) is 12.8. The number of piperazine rings is 1. The normalized spacial score (nSPS) is 22.3. The van der Waals surface area contributed by atoms with Gasteiger partial charge in [0.1, 0.15) is 0 Å². The monoisotopic (exact) mass is 571 g/mol. The molecule has 38 heavy (non-hydrogen) atoms. The lowest BCUT2D eigenvalue weighted by Gasteiger charge is -2.47. The summed E-state index contributed by atoms with van der Waals surface area (Å²) in [5.41, 5.74) is 2.99. The number of piperidine rings is 1. The predicted octanol–water partition coefficient (Wildman–Crippen LogP) is 4.94. The van der Waals surface area contributed by atoms with Gasteiger partial charge in [-0.05, 0) is 61.3 Å². The van der Waals surface area contributed by atoms with E-state index in [4.69, 9.17) is 23.2 Å². The Morgan fingerprint density at radius 1 is 0.921 bits per heavy atom. The van der Waals surface area contributed by atoms with Gasteiger partial charge in [0, 0.05) is 54.4 Å². The summed E-state index contributed by atoms with van der Waals surface area (Å²) in [6.07, 6.45) is 0.525. The van der Waals surface area contributed by atoms with Crippen molar-refractivity contribution in [2.45, 2.75) is 28.9 Å². The molecule has 2 heterocycles. The first kappa shape index (κ1) is 27.0. The van der Waals surface area contributed by atoms with E-state index in [9.17, 15) is 13.2 Å². The van der Waals surface area contributed by atoms with Crippen molar-refractivity contribution >= 4 is 44.6 Å². The van der Waals surface area contributed by atoms with Gasteiger partial charge in [0.05, 0.1) is 4.90 Å². The van der Waals surface area contributed by atoms with E-state index >= 15 is 0 Å². The number of nitrogens with one attached hydrogen (secondary N) is 1. The fraction of sp³-hybridized carbons (Fsp3) is 0.345. The number of aryl methyl sites for hydroxylation is 1. The van der Waals surface area contributed by atoms with Crippen LogP contribution in [-0.4, -0.2) is 63.2 Å². The first-order valence-corrected chi connectivity index (χ1v) is 15.0. The van der Waals surface area contributed by atoms with Crippen molar-refractivity contribution in [3.8, 4) is 0 Å². The highest BCUT2D eigenvalue weighted by atomic mass is 35.5. The quantitative estimate of drug-likeness (QED) is 0.469. The molecule has 0 aliphatic carbocycles. The van der Waals surface area contributed by atoms with Crippen molar-refractivity contribution in [3.05, 3.63) is 94.0 Å². The minimum atomic E-state index is -4.14. The van der Waals surface area contributed by atoms with Gasteiger partial charge in [-0.2, -0.15) is 0 Å². The first-order chi connectivity index (χ1) is 18.2. The van der Waals surface area contributed by atoms with Crippen molar-refractivity contribution < 1.29 is 13.2 Å². The third kappa shape index (κ3) is 4.81. The summed E-state index contributed by atoms with van der Waals surface area (Å²) < 4.78 is 27.3. The summed E-state index contributed by atoms with van der Waals surface area (Å²) in [6, 6.07) is 21.6. The maximum absolute atomic E-state index is 14.6. The van der Waals surface area contributed by atoms with E-state index in [1.807, 2.05) is 55.5 Å².